The fourth-order valence-electron chi connectivity index (χ4n) is 3.31. The maximum absolute atomic E-state index is 12.3. The summed E-state index contributed by atoms with van der Waals surface area (Å²) in [5.41, 5.74) is 2.88. The highest BCUT2D eigenvalue weighted by Crippen LogP contribution is 2.22. The minimum absolute atomic E-state index is 0.214. The fraction of sp³-hybridized carbons (Fsp3) is 0.261. The summed E-state index contributed by atoms with van der Waals surface area (Å²) in [4.78, 5) is 61.9. The van der Waals surface area contributed by atoms with Gasteiger partial charge in [0.15, 0.2) is 6.10 Å². The summed E-state index contributed by atoms with van der Waals surface area (Å²) < 4.78 is 5.03. The van der Waals surface area contributed by atoms with Crippen LogP contribution < -0.4 is 10.6 Å². The Morgan fingerprint density at radius 2 is 1.50 bits per heavy atom. The van der Waals surface area contributed by atoms with Crippen molar-refractivity contribution in [1.29, 1.82) is 0 Å². The van der Waals surface area contributed by atoms with Gasteiger partial charge in [0.25, 0.3) is 17.7 Å². The molecule has 0 bridgehead atoms. The van der Waals surface area contributed by atoms with Crippen LogP contribution in [-0.2, 0) is 19.1 Å². The van der Waals surface area contributed by atoms with Gasteiger partial charge in [0, 0.05) is 5.69 Å². The largest absolute Gasteiger partial charge is 0.451 e. The summed E-state index contributed by atoms with van der Waals surface area (Å²) in [7, 11) is 0. The Kier molecular flexibility index (Phi) is 6.67. The monoisotopic (exact) mass is 437 g/mol. The van der Waals surface area contributed by atoms with Crippen molar-refractivity contribution in [2.24, 2.45) is 0 Å². The number of imide groups is 1. The van der Waals surface area contributed by atoms with Crippen molar-refractivity contribution in [1.82, 2.24) is 10.2 Å². The quantitative estimate of drug-likeness (QED) is 0.501. The Balaban J connectivity index is 1.48. The Morgan fingerprint density at radius 1 is 0.938 bits per heavy atom. The summed E-state index contributed by atoms with van der Waals surface area (Å²) in [5, 5.41) is 5.13. The number of anilines is 1. The maximum Gasteiger partial charge on any atom is 0.326 e. The van der Waals surface area contributed by atoms with E-state index in [1.54, 1.807) is 12.1 Å². The van der Waals surface area contributed by atoms with Crippen molar-refractivity contribution in [3.05, 3.63) is 64.7 Å². The number of carbonyl (C=O) groups is 5. The van der Waals surface area contributed by atoms with Crippen LogP contribution in [0.2, 0.25) is 0 Å². The number of benzene rings is 2. The summed E-state index contributed by atoms with van der Waals surface area (Å²) in [5.74, 6) is -3.22. The summed E-state index contributed by atoms with van der Waals surface area (Å²) >= 11 is 0. The van der Waals surface area contributed by atoms with Gasteiger partial charge in [-0.3, -0.25) is 28.9 Å². The average Bonchev–Trinajstić information content (AvgIpc) is 2.99. The van der Waals surface area contributed by atoms with E-state index in [0.717, 1.165) is 16.0 Å². The number of aryl methyl sites for hydroxylation is 2. The van der Waals surface area contributed by atoms with Crippen LogP contribution in [0.5, 0.6) is 0 Å². The second-order valence-corrected chi connectivity index (χ2v) is 7.41. The lowest BCUT2D eigenvalue weighted by Gasteiger charge is -2.17. The molecule has 0 radical (unpaired) electrons. The zero-order valence-electron chi connectivity index (χ0n) is 17.9. The lowest BCUT2D eigenvalue weighted by molar-refractivity contribution is -0.154. The van der Waals surface area contributed by atoms with E-state index in [1.165, 1.54) is 19.1 Å². The molecular weight excluding hydrogens is 414 g/mol. The third-order valence-corrected chi connectivity index (χ3v) is 5.01. The average molecular weight is 437 g/mol. The number of fused-ring (bicyclic) bond motifs is 1. The predicted octanol–water partition coefficient (Wildman–Crippen LogP) is 1.59. The van der Waals surface area contributed by atoms with Crippen LogP contribution in [0.3, 0.4) is 0 Å². The smallest absolute Gasteiger partial charge is 0.326 e. The second kappa shape index (κ2) is 9.42. The van der Waals surface area contributed by atoms with Crippen LogP contribution in [0.4, 0.5) is 5.69 Å². The van der Waals surface area contributed by atoms with Gasteiger partial charge in [-0.1, -0.05) is 30.3 Å². The number of para-hydroxylation sites is 1. The van der Waals surface area contributed by atoms with E-state index < -0.39 is 42.2 Å². The van der Waals surface area contributed by atoms with E-state index in [0.29, 0.717) is 5.69 Å². The third-order valence-electron chi connectivity index (χ3n) is 5.01. The van der Waals surface area contributed by atoms with E-state index in [1.807, 2.05) is 32.0 Å². The summed E-state index contributed by atoms with van der Waals surface area (Å²) in [6.45, 7) is 4.12. The Labute approximate surface area is 184 Å². The molecular formula is C23H23N3O6. The Hall–Kier alpha value is -4.01. The SMILES string of the molecule is Cc1cccc(C)c1NC(=O)CNC(=O)[C@@H](C)OC(=O)CN1C(=O)c2ccccc2C1=O. The first kappa shape index (κ1) is 22.7. The molecule has 1 aliphatic rings. The van der Waals surface area contributed by atoms with Crippen molar-refractivity contribution >= 4 is 35.3 Å². The number of nitrogens with one attached hydrogen (secondary N) is 2. The molecule has 1 atom stereocenters. The first-order chi connectivity index (χ1) is 15.2. The fourth-order valence-corrected chi connectivity index (χ4v) is 3.31. The van der Waals surface area contributed by atoms with Crippen molar-refractivity contribution in [2.45, 2.75) is 26.9 Å². The molecule has 0 spiro atoms. The molecule has 9 heteroatoms. The van der Waals surface area contributed by atoms with Gasteiger partial charge in [0.1, 0.15) is 6.54 Å². The molecule has 9 nitrogen and oxygen atoms in total. The van der Waals surface area contributed by atoms with Gasteiger partial charge in [-0.05, 0) is 44.0 Å². The number of amides is 4. The van der Waals surface area contributed by atoms with Gasteiger partial charge in [0.05, 0.1) is 17.7 Å². The number of hydrogen-bond acceptors (Lipinski definition) is 6. The standard InChI is InChI=1S/C23H23N3O6/c1-13-7-6-8-14(2)20(13)25-18(27)11-24-21(29)15(3)32-19(28)12-26-22(30)16-9-4-5-10-17(16)23(26)31/h4-10,15H,11-12H2,1-3H3,(H,24,29)(H,25,27)/t15-/m1/s1. The zero-order valence-corrected chi connectivity index (χ0v) is 17.9. The van der Waals surface area contributed by atoms with E-state index in [2.05, 4.69) is 10.6 Å². The molecule has 4 amide bonds. The molecule has 32 heavy (non-hydrogen) atoms. The number of esters is 1. The molecule has 2 N–H and O–H groups in total. The minimum Gasteiger partial charge on any atom is -0.451 e. The molecule has 0 fully saturated rings. The van der Waals surface area contributed by atoms with Crippen molar-refractivity contribution in [2.75, 3.05) is 18.4 Å². The summed E-state index contributed by atoms with van der Waals surface area (Å²) in [6, 6.07) is 11.8. The minimum atomic E-state index is -1.22. The number of hydrogen-bond donors (Lipinski definition) is 2. The summed E-state index contributed by atoms with van der Waals surface area (Å²) in [6.07, 6.45) is -1.22. The number of rotatable bonds is 7. The predicted molar refractivity (Wildman–Crippen MR) is 115 cm³/mol. The van der Waals surface area contributed by atoms with Crippen LogP contribution in [0, 0.1) is 13.8 Å². The first-order valence-corrected chi connectivity index (χ1v) is 9.97. The highest BCUT2D eigenvalue weighted by Gasteiger charge is 2.37. The van der Waals surface area contributed by atoms with Crippen molar-refractivity contribution < 1.29 is 28.7 Å². The zero-order chi connectivity index (χ0) is 23.4. The Bertz CT molecular complexity index is 1060. The molecule has 1 aliphatic heterocycles. The van der Waals surface area contributed by atoms with E-state index >= 15 is 0 Å². The van der Waals surface area contributed by atoms with Crippen LogP contribution in [0.25, 0.3) is 0 Å². The molecule has 0 aromatic heterocycles. The molecule has 0 saturated heterocycles. The van der Waals surface area contributed by atoms with Gasteiger partial charge in [0.2, 0.25) is 5.91 Å². The van der Waals surface area contributed by atoms with Gasteiger partial charge >= 0.3 is 5.97 Å². The first-order valence-electron chi connectivity index (χ1n) is 9.97. The molecule has 166 valence electrons. The second-order valence-electron chi connectivity index (χ2n) is 7.41. The van der Waals surface area contributed by atoms with Crippen molar-refractivity contribution in [3.8, 4) is 0 Å². The van der Waals surface area contributed by atoms with Crippen molar-refractivity contribution in [3.63, 3.8) is 0 Å². The van der Waals surface area contributed by atoms with E-state index in [4.69, 9.17) is 4.74 Å². The highest BCUT2D eigenvalue weighted by atomic mass is 16.5. The van der Waals surface area contributed by atoms with Crippen LogP contribution in [0.1, 0.15) is 38.8 Å². The lowest BCUT2D eigenvalue weighted by Crippen LogP contribution is -2.42. The van der Waals surface area contributed by atoms with Gasteiger partial charge in [-0.25, -0.2) is 0 Å². The molecule has 1 heterocycles. The van der Waals surface area contributed by atoms with Gasteiger partial charge < -0.3 is 15.4 Å². The van der Waals surface area contributed by atoms with E-state index in [-0.39, 0.29) is 17.7 Å². The van der Waals surface area contributed by atoms with Crippen LogP contribution >= 0.6 is 0 Å². The van der Waals surface area contributed by atoms with E-state index in [9.17, 15) is 24.0 Å². The molecule has 0 aliphatic carbocycles. The highest BCUT2D eigenvalue weighted by molar-refractivity contribution is 6.22. The normalized spacial score (nSPS) is 13.4. The maximum atomic E-state index is 12.3. The third kappa shape index (κ3) is 4.83. The Morgan fingerprint density at radius 3 is 2.06 bits per heavy atom. The molecule has 0 saturated carbocycles. The number of ether oxygens (including phenoxy) is 1. The molecule has 0 unspecified atom stereocenters. The number of carbonyl (C=O) groups excluding carboxylic acids is 5. The molecule has 3 rings (SSSR count). The van der Waals surface area contributed by atoms with Crippen LogP contribution in [0.15, 0.2) is 42.5 Å². The number of nitrogens with zero attached hydrogens (tertiary/aromatic N) is 1. The molecule has 2 aromatic rings. The van der Waals surface area contributed by atoms with Gasteiger partial charge in [-0.15, -0.1) is 0 Å². The topological polar surface area (TPSA) is 122 Å². The molecule has 2 aromatic carbocycles. The lowest BCUT2D eigenvalue weighted by atomic mass is 10.1. The van der Waals surface area contributed by atoms with Crippen LogP contribution in [-0.4, -0.2) is 53.7 Å². The van der Waals surface area contributed by atoms with Gasteiger partial charge in [-0.2, -0.15) is 0 Å².